The molecule has 3 N–H and O–H groups in total. The smallest absolute Gasteiger partial charge is 0.0658 e. The van der Waals surface area contributed by atoms with Gasteiger partial charge in [-0.25, -0.2) is 0 Å². The molecule has 0 aromatic rings. The summed E-state index contributed by atoms with van der Waals surface area (Å²) in [5.41, 5.74) is 5.98. The van der Waals surface area contributed by atoms with Crippen LogP contribution in [-0.2, 0) is 4.74 Å². The Hall–Kier alpha value is -0.120. The van der Waals surface area contributed by atoms with E-state index < -0.39 is 0 Å². The summed E-state index contributed by atoms with van der Waals surface area (Å²) in [5.74, 6) is 1.66. The summed E-state index contributed by atoms with van der Waals surface area (Å²) in [4.78, 5) is 0. The van der Waals surface area contributed by atoms with Gasteiger partial charge >= 0.3 is 0 Å². The first-order valence-corrected chi connectivity index (χ1v) is 6.51. The van der Waals surface area contributed by atoms with Gasteiger partial charge in [-0.15, -0.1) is 0 Å². The van der Waals surface area contributed by atoms with E-state index >= 15 is 0 Å². The van der Waals surface area contributed by atoms with Gasteiger partial charge in [0.2, 0.25) is 0 Å². The highest BCUT2D eigenvalue weighted by Gasteiger charge is 2.54. The third-order valence-electron chi connectivity index (χ3n) is 4.96. The van der Waals surface area contributed by atoms with Gasteiger partial charge in [0.1, 0.15) is 0 Å². The first kappa shape index (κ1) is 12.3. The van der Waals surface area contributed by atoms with Crippen LogP contribution in [0.1, 0.15) is 32.6 Å². The Morgan fingerprint density at radius 1 is 1.50 bits per heavy atom. The molecule has 0 aromatic heterocycles. The van der Waals surface area contributed by atoms with Gasteiger partial charge in [-0.05, 0) is 31.1 Å². The fourth-order valence-electron chi connectivity index (χ4n) is 4.14. The van der Waals surface area contributed by atoms with E-state index in [0.717, 1.165) is 12.3 Å². The Balaban J connectivity index is 2.09. The number of hydrogen-bond acceptors (Lipinski definition) is 3. The summed E-state index contributed by atoms with van der Waals surface area (Å²) >= 11 is 0. The molecule has 0 aromatic carbocycles. The van der Waals surface area contributed by atoms with Gasteiger partial charge in [0.15, 0.2) is 0 Å². The van der Waals surface area contributed by atoms with Crippen molar-refractivity contribution in [1.82, 2.24) is 0 Å². The number of fused-ring (bicyclic) bond motifs is 2. The van der Waals surface area contributed by atoms with E-state index in [9.17, 15) is 5.11 Å². The molecule has 94 valence electrons. The molecule has 2 aliphatic rings. The van der Waals surface area contributed by atoms with Crippen LogP contribution >= 0.6 is 0 Å². The zero-order valence-electron chi connectivity index (χ0n) is 10.5. The van der Waals surface area contributed by atoms with E-state index in [-0.39, 0.29) is 17.4 Å². The molecule has 3 nitrogen and oxygen atoms in total. The van der Waals surface area contributed by atoms with Crippen molar-refractivity contribution in [2.75, 3.05) is 20.3 Å². The molecule has 3 heteroatoms. The van der Waals surface area contributed by atoms with Crippen LogP contribution in [0.4, 0.5) is 0 Å². The lowest BCUT2D eigenvalue weighted by molar-refractivity contribution is -0.0606. The fraction of sp³-hybridized carbons (Fsp3) is 1.00. The molecule has 2 fully saturated rings. The SMILES string of the molecule is COCC(C)C(O)C1(CN)CC2CCC1C2. The number of aliphatic hydroxyl groups excluding tert-OH is 1. The minimum Gasteiger partial charge on any atom is -0.392 e. The lowest BCUT2D eigenvalue weighted by atomic mass is 9.66. The Bertz CT molecular complexity index is 246. The first-order chi connectivity index (χ1) is 7.64. The highest BCUT2D eigenvalue weighted by Crippen LogP contribution is 2.57. The van der Waals surface area contributed by atoms with Crippen LogP contribution in [-0.4, -0.2) is 31.5 Å². The second-order valence-electron chi connectivity index (χ2n) is 5.89. The van der Waals surface area contributed by atoms with Crippen molar-refractivity contribution in [3.8, 4) is 0 Å². The summed E-state index contributed by atoms with van der Waals surface area (Å²) in [6, 6.07) is 0. The summed E-state index contributed by atoms with van der Waals surface area (Å²) in [6.45, 7) is 3.32. The molecule has 2 bridgehead atoms. The molecule has 2 aliphatic carbocycles. The lowest BCUT2D eigenvalue weighted by Gasteiger charge is -2.43. The maximum Gasteiger partial charge on any atom is 0.0658 e. The van der Waals surface area contributed by atoms with Crippen molar-refractivity contribution in [2.45, 2.75) is 38.7 Å². The van der Waals surface area contributed by atoms with Gasteiger partial charge in [0.25, 0.3) is 0 Å². The topological polar surface area (TPSA) is 55.5 Å². The summed E-state index contributed by atoms with van der Waals surface area (Å²) in [5, 5.41) is 10.6. The maximum atomic E-state index is 10.6. The molecule has 0 aliphatic heterocycles. The molecule has 5 atom stereocenters. The summed E-state index contributed by atoms with van der Waals surface area (Å²) < 4.78 is 5.15. The number of aliphatic hydroxyl groups is 1. The van der Waals surface area contributed by atoms with Gasteiger partial charge < -0.3 is 15.6 Å². The van der Waals surface area contributed by atoms with Crippen molar-refractivity contribution in [2.24, 2.45) is 28.9 Å². The molecule has 2 saturated carbocycles. The van der Waals surface area contributed by atoms with Crippen LogP contribution in [0, 0.1) is 23.2 Å². The normalized spacial score (nSPS) is 41.2. The van der Waals surface area contributed by atoms with E-state index in [4.69, 9.17) is 10.5 Å². The third-order valence-corrected chi connectivity index (χ3v) is 4.96. The monoisotopic (exact) mass is 227 g/mol. The van der Waals surface area contributed by atoms with Crippen LogP contribution in [0.25, 0.3) is 0 Å². The molecule has 0 spiro atoms. The predicted octanol–water partition coefficient (Wildman–Crippen LogP) is 1.39. The average molecular weight is 227 g/mol. The van der Waals surface area contributed by atoms with Gasteiger partial charge in [-0.1, -0.05) is 13.3 Å². The Morgan fingerprint density at radius 2 is 2.25 bits per heavy atom. The van der Waals surface area contributed by atoms with Gasteiger partial charge in [0, 0.05) is 25.0 Å². The summed E-state index contributed by atoms with van der Waals surface area (Å²) in [6.07, 6.45) is 4.72. The number of methoxy groups -OCH3 is 1. The first-order valence-electron chi connectivity index (χ1n) is 6.51. The zero-order chi connectivity index (χ0) is 11.8. The summed E-state index contributed by atoms with van der Waals surface area (Å²) in [7, 11) is 1.69. The van der Waals surface area contributed by atoms with E-state index in [0.29, 0.717) is 19.1 Å². The van der Waals surface area contributed by atoms with Gasteiger partial charge in [0.05, 0.1) is 12.7 Å². The zero-order valence-corrected chi connectivity index (χ0v) is 10.5. The molecule has 0 amide bonds. The number of hydrogen-bond donors (Lipinski definition) is 2. The van der Waals surface area contributed by atoms with Crippen molar-refractivity contribution < 1.29 is 9.84 Å². The molecule has 0 radical (unpaired) electrons. The van der Waals surface area contributed by atoms with Crippen LogP contribution in [0.15, 0.2) is 0 Å². The molecule has 0 saturated heterocycles. The Labute approximate surface area is 98.4 Å². The van der Waals surface area contributed by atoms with Crippen molar-refractivity contribution in [3.05, 3.63) is 0 Å². The van der Waals surface area contributed by atoms with Crippen molar-refractivity contribution in [3.63, 3.8) is 0 Å². The van der Waals surface area contributed by atoms with Crippen LogP contribution in [0.3, 0.4) is 0 Å². The molecule has 2 rings (SSSR count). The largest absolute Gasteiger partial charge is 0.392 e. The molecule has 16 heavy (non-hydrogen) atoms. The minimum atomic E-state index is -0.298. The van der Waals surface area contributed by atoms with E-state index in [1.165, 1.54) is 19.3 Å². The molecular weight excluding hydrogens is 202 g/mol. The fourth-order valence-corrected chi connectivity index (χ4v) is 4.14. The van der Waals surface area contributed by atoms with Crippen LogP contribution < -0.4 is 5.73 Å². The number of nitrogens with two attached hydrogens (primary N) is 1. The minimum absolute atomic E-state index is 0.0130. The predicted molar refractivity (Wildman–Crippen MR) is 64.0 cm³/mol. The lowest BCUT2D eigenvalue weighted by Crippen LogP contribution is -2.49. The molecular formula is C13H25NO2. The third kappa shape index (κ3) is 1.79. The van der Waals surface area contributed by atoms with Gasteiger partial charge in [-0.3, -0.25) is 0 Å². The number of ether oxygens (including phenoxy) is 1. The van der Waals surface area contributed by atoms with E-state index in [2.05, 4.69) is 6.92 Å². The van der Waals surface area contributed by atoms with Crippen LogP contribution in [0.5, 0.6) is 0 Å². The van der Waals surface area contributed by atoms with Crippen molar-refractivity contribution in [1.29, 1.82) is 0 Å². The second kappa shape index (κ2) is 4.63. The molecule has 0 heterocycles. The highest BCUT2D eigenvalue weighted by molar-refractivity contribution is 5.05. The van der Waals surface area contributed by atoms with Crippen molar-refractivity contribution >= 4 is 0 Å². The Morgan fingerprint density at radius 3 is 2.69 bits per heavy atom. The highest BCUT2D eigenvalue weighted by atomic mass is 16.5. The van der Waals surface area contributed by atoms with E-state index in [1.807, 2.05) is 0 Å². The Kier molecular flexibility index (Phi) is 3.57. The second-order valence-corrected chi connectivity index (χ2v) is 5.89. The van der Waals surface area contributed by atoms with E-state index in [1.54, 1.807) is 7.11 Å². The number of rotatable bonds is 5. The van der Waals surface area contributed by atoms with Crippen LogP contribution in [0.2, 0.25) is 0 Å². The maximum absolute atomic E-state index is 10.6. The standard InChI is InChI=1S/C13H25NO2/c1-9(7-16-2)12(15)13(8-14)6-10-3-4-11(13)5-10/h9-12,15H,3-8,14H2,1-2H3. The average Bonchev–Trinajstić information content (AvgIpc) is 2.88. The van der Waals surface area contributed by atoms with Gasteiger partial charge in [-0.2, -0.15) is 0 Å². The quantitative estimate of drug-likeness (QED) is 0.746. The molecule has 5 unspecified atom stereocenters.